The average molecular weight is 619 g/mol. The summed E-state index contributed by atoms with van der Waals surface area (Å²) in [5.41, 5.74) is 3.20. The molecule has 18 rings (SSSR count). The largest absolute Gasteiger partial charge is 0.0558 e. The van der Waals surface area contributed by atoms with Crippen molar-refractivity contribution in [1.82, 2.24) is 0 Å². The standard InChI is InChI=1S/C48H42/c1-47(2)21-7-5-6-8-22-48(3,4)38-27-35-15-19-41-31-11-9-29-23-30(10-12-32(24-31)42-20-16-36(28-38)44(35)46(41)42)40-18-14-34-26-37(47)25-33-13-17-39(29)45(40)43(33)34/h9-20,23-28H,5-8,21-22H2,1-4H3. The van der Waals surface area contributed by atoms with E-state index in [9.17, 15) is 0 Å². The van der Waals surface area contributed by atoms with Crippen LogP contribution in [-0.4, -0.2) is 0 Å². The Morgan fingerprint density at radius 1 is 0.312 bits per heavy atom. The Hall–Kier alpha value is -4.68. The quantitative estimate of drug-likeness (QED) is 0.148. The summed E-state index contributed by atoms with van der Waals surface area (Å²) in [7, 11) is 0. The van der Waals surface area contributed by atoms with Crippen LogP contribution in [-0.2, 0) is 10.8 Å². The Kier molecular flexibility index (Phi) is 5.86. The van der Waals surface area contributed by atoms with E-state index in [4.69, 9.17) is 0 Å². The van der Waals surface area contributed by atoms with E-state index in [-0.39, 0.29) is 10.8 Å². The summed E-state index contributed by atoms with van der Waals surface area (Å²) < 4.78 is 0. The molecule has 9 aliphatic rings. The highest BCUT2D eigenvalue weighted by atomic mass is 14.3. The van der Waals surface area contributed by atoms with Gasteiger partial charge in [-0.3, -0.25) is 0 Å². The molecule has 0 saturated carbocycles. The molecule has 0 heteroatoms. The Bertz CT molecular complexity index is 2420. The van der Waals surface area contributed by atoms with Crippen molar-refractivity contribution < 1.29 is 0 Å². The van der Waals surface area contributed by atoms with Crippen LogP contribution in [0.2, 0.25) is 0 Å². The molecule has 0 heterocycles. The zero-order valence-corrected chi connectivity index (χ0v) is 28.6. The van der Waals surface area contributed by atoms with Gasteiger partial charge in [-0.1, -0.05) is 150 Å². The van der Waals surface area contributed by atoms with E-state index >= 15 is 0 Å². The Balaban J connectivity index is 1.34. The molecule has 0 amide bonds. The van der Waals surface area contributed by atoms with Gasteiger partial charge in [0.05, 0.1) is 0 Å². The molecular weight excluding hydrogens is 577 g/mol. The SMILES string of the molecule is CC1(C)CCCCCCC(C)(C)c2cc3ccc4c5ccc6cc(ccc(c5)c5ccc(c2)c3c45)c2ccc3cc1cc1ccc6c2c13. The van der Waals surface area contributed by atoms with Crippen molar-refractivity contribution >= 4 is 86.2 Å². The molecule has 0 spiro atoms. The van der Waals surface area contributed by atoms with Crippen molar-refractivity contribution in [2.45, 2.75) is 77.0 Å². The van der Waals surface area contributed by atoms with Crippen LogP contribution in [0.1, 0.15) is 77.3 Å². The second-order valence-electron chi connectivity index (χ2n) is 16.3. The van der Waals surface area contributed by atoms with Crippen molar-refractivity contribution in [1.29, 1.82) is 0 Å². The van der Waals surface area contributed by atoms with Crippen LogP contribution in [0.15, 0.2) is 109 Å². The van der Waals surface area contributed by atoms with Gasteiger partial charge in [-0.05, 0) is 133 Å². The Morgan fingerprint density at radius 2 is 0.604 bits per heavy atom. The van der Waals surface area contributed by atoms with Crippen LogP contribution in [0, 0.1) is 0 Å². The molecule has 0 radical (unpaired) electrons. The van der Waals surface area contributed by atoms with Gasteiger partial charge in [0.2, 0.25) is 0 Å². The van der Waals surface area contributed by atoms with Crippen LogP contribution < -0.4 is 0 Å². The lowest BCUT2D eigenvalue weighted by Crippen LogP contribution is -2.18. The molecule has 0 atom stereocenters. The van der Waals surface area contributed by atoms with Crippen molar-refractivity contribution in [3.05, 3.63) is 120 Å². The summed E-state index contributed by atoms with van der Waals surface area (Å²) in [5, 5.41) is 21.6. The number of hydrogen-bond acceptors (Lipinski definition) is 0. The number of benzene rings is 8. The third kappa shape index (κ3) is 4.08. The fraction of sp³-hybridized carbons (Fsp3) is 0.250. The predicted octanol–water partition coefficient (Wildman–Crippen LogP) is 14.3. The molecule has 0 aliphatic heterocycles. The van der Waals surface area contributed by atoms with Crippen LogP contribution in [0.4, 0.5) is 0 Å². The lowest BCUT2D eigenvalue weighted by atomic mass is 9.77. The molecule has 0 saturated heterocycles. The monoisotopic (exact) mass is 618 g/mol. The molecule has 9 aromatic rings. The smallest absolute Gasteiger partial charge is 0.00148 e. The zero-order valence-electron chi connectivity index (χ0n) is 28.6. The van der Waals surface area contributed by atoms with Crippen molar-refractivity contribution in [2.24, 2.45) is 0 Å². The highest BCUT2D eigenvalue weighted by molar-refractivity contribution is 6.31. The fourth-order valence-electron chi connectivity index (χ4n) is 9.41. The van der Waals surface area contributed by atoms with Gasteiger partial charge in [0.1, 0.15) is 0 Å². The van der Waals surface area contributed by atoms with E-state index < -0.39 is 0 Å². The molecule has 0 fully saturated rings. The van der Waals surface area contributed by atoms with E-state index in [2.05, 4.69) is 137 Å². The minimum Gasteiger partial charge on any atom is -0.0558 e. The zero-order chi connectivity index (χ0) is 32.4. The molecular formula is C48H42. The van der Waals surface area contributed by atoms with Gasteiger partial charge in [0.15, 0.2) is 0 Å². The normalized spacial score (nSPS) is 17.0. The third-order valence-electron chi connectivity index (χ3n) is 12.4. The minimum absolute atomic E-state index is 0.133. The number of rotatable bonds is 0. The molecule has 9 aromatic carbocycles. The van der Waals surface area contributed by atoms with E-state index in [1.165, 1.54) is 136 Å². The Labute approximate surface area is 282 Å². The summed E-state index contributed by atoms with van der Waals surface area (Å²) in [6.45, 7) is 9.82. The topological polar surface area (TPSA) is 0 Å². The maximum absolute atomic E-state index is 2.50. The van der Waals surface area contributed by atoms with Gasteiger partial charge < -0.3 is 0 Å². The maximum atomic E-state index is 2.50. The van der Waals surface area contributed by atoms with Gasteiger partial charge in [-0.15, -0.1) is 0 Å². The second kappa shape index (κ2) is 9.93. The molecule has 0 nitrogen and oxygen atoms in total. The van der Waals surface area contributed by atoms with Crippen molar-refractivity contribution in [2.75, 3.05) is 0 Å². The average Bonchev–Trinajstić information content (AvgIpc) is 3.08. The van der Waals surface area contributed by atoms with Crippen molar-refractivity contribution in [3.8, 4) is 0 Å². The summed E-state index contributed by atoms with van der Waals surface area (Å²) in [6, 6.07) is 43.3. The van der Waals surface area contributed by atoms with E-state index in [1.54, 1.807) is 0 Å². The molecule has 48 heavy (non-hydrogen) atoms. The molecule has 0 unspecified atom stereocenters. The van der Waals surface area contributed by atoms with Crippen molar-refractivity contribution in [3.63, 3.8) is 0 Å². The lowest BCUT2D eigenvalue weighted by molar-refractivity contribution is 0.419. The van der Waals surface area contributed by atoms with E-state index in [1.807, 2.05) is 0 Å². The highest BCUT2D eigenvalue weighted by Gasteiger charge is 2.24. The van der Waals surface area contributed by atoms with Crippen LogP contribution in [0.5, 0.6) is 0 Å². The van der Waals surface area contributed by atoms with Crippen LogP contribution in [0.3, 0.4) is 0 Å². The third-order valence-corrected chi connectivity index (χ3v) is 12.4. The lowest BCUT2D eigenvalue weighted by Gasteiger charge is -2.28. The van der Waals surface area contributed by atoms with Crippen LogP contribution >= 0.6 is 0 Å². The first kappa shape index (κ1) is 28.3. The summed E-state index contributed by atoms with van der Waals surface area (Å²) in [6.07, 6.45) is 7.57. The molecule has 0 aromatic heterocycles. The summed E-state index contributed by atoms with van der Waals surface area (Å²) >= 11 is 0. The van der Waals surface area contributed by atoms with E-state index in [0.29, 0.717) is 0 Å². The van der Waals surface area contributed by atoms with Gasteiger partial charge in [-0.2, -0.15) is 0 Å². The maximum Gasteiger partial charge on any atom is -0.00148 e. The first-order chi connectivity index (χ1) is 23.2. The van der Waals surface area contributed by atoms with Gasteiger partial charge in [-0.25, -0.2) is 0 Å². The van der Waals surface area contributed by atoms with Gasteiger partial charge in [0, 0.05) is 0 Å². The fourth-order valence-corrected chi connectivity index (χ4v) is 9.41. The minimum atomic E-state index is 0.133. The van der Waals surface area contributed by atoms with E-state index in [0.717, 1.165) is 0 Å². The predicted molar refractivity (Wildman–Crippen MR) is 211 cm³/mol. The summed E-state index contributed by atoms with van der Waals surface area (Å²) in [5.74, 6) is 0. The first-order valence-corrected chi connectivity index (χ1v) is 18.1. The number of hydrogen-bond donors (Lipinski definition) is 0. The Morgan fingerprint density at radius 3 is 0.917 bits per heavy atom. The van der Waals surface area contributed by atoms with Gasteiger partial charge in [0.25, 0.3) is 0 Å². The molecule has 0 N–H and O–H groups in total. The second-order valence-corrected chi connectivity index (χ2v) is 16.3. The van der Waals surface area contributed by atoms with Crippen LogP contribution in [0.25, 0.3) is 86.2 Å². The van der Waals surface area contributed by atoms with Gasteiger partial charge >= 0.3 is 0 Å². The molecule has 9 aliphatic carbocycles. The first-order valence-electron chi connectivity index (χ1n) is 18.1. The summed E-state index contributed by atoms with van der Waals surface area (Å²) in [4.78, 5) is 0. The molecule has 18 bridgehead atoms. The molecule has 234 valence electrons. The highest BCUT2D eigenvalue weighted by Crippen LogP contribution is 2.44.